The average molecular weight is 230 g/mol. The van der Waals surface area contributed by atoms with Gasteiger partial charge in [-0.05, 0) is 29.9 Å². The van der Waals surface area contributed by atoms with Crippen molar-refractivity contribution in [3.63, 3.8) is 0 Å². The van der Waals surface area contributed by atoms with E-state index in [0.717, 1.165) is 5.56 Å². The first kappa shape index (κ1) is 10.5. The summed E-state index contributed by atoms with van der Waals surface area (Å²) in [6, 6.07) is 7.80. The van der Waals surface area contributed by atoms with E-state index < -0.39 is 11.4 Å². The second-order valence-corrected chi connectivity index (χ2v) is 5.18. The fourth-order valence-electron chi connectivity index (χ4n) is 2.59. The Labute approximate surface area is 99.5 Å². The van der Waals surface area contributed by atoms with Gasteiger partial charge in [0.25, 0.3) is 0 Å². The Morgan fingerprint density at radius 3 is 2.18 bits per heavy atom. The number of carboxylic acid groups (broad SMARTS) is 1. The first-order valence-electron chi connectivity index (χ1n) is 5.97. The summed E-state index contributed by atoms with van der Waals surface area (Å²) < 4.78 is 0. The van der Waals surface area contributed by atoms with Crippen LogP contribution >= 0.6 is 0 Å². The molecule has 1 aromatic carbocycles. The second kappa shape index (κ2) is 3.42. The highest BCUT2D eigenvalue weighted by atomic mass is 16.4. The highest BCUT2D eigenvalue weighted by Gasteiger charge is 2.51. The van der Waals surface area contributed by atoms with Crippen LogP contribution in [0.2, 0.25) is 0 Å². The lowest BCUT2D eigenvalue weighted by Gasteiger charge is -2.36. The molecule has 0 atom stereocenters. The number of ketones is 1. The van der Waals surface area contributed by atoms with E-state index in [1.807, 2.05) is 24.3 Å². The zero-order valence-corrected chi connectivity index (χ0v) is 9.48. The minimum Gasteiger partial charge on any atom is -0.481 e. The third-order valence-electron chi connectivity index (χ3n) is 3.92. The fourth-order valence-corrected chi connectivity index (χ4v) is 2.59. The molecule has 0 bridgehead atoms. The summed E-state index contributed by atoms with van der Waals surface area (Å²) in [5.41, 5.74) is 1.12. The van der Waals surface area contributed by atoms with Gasteiger partial charge in [0, 0.05) is 12.8 Å². The molecule has 88 valence electrons. The van der Waals surface area contributed by atoms with Gasteiger partial charge in [0.05, 0.1) is 0 Å². The van der Waals surface area contributed by atoms with E-state index in [2.05, 4.69) is 0 Å². The van der Waals surface area contributed by atoms with Crippen molar-refractivity contribution in [2.45, 2.75) is 37.0 Å². The summed E-state index contributed by atoms with van der Waals surface area (Å²) in [7, 11) is 0. The molecule has 0 unspecified atom stereocenters. The Kier molecular flexibility index (Phi) is 2.12. The van der Waals surface area contributed by atoms with Crippen LogP contribution in [0.4, 0.5) is 0 Å². The standard InChI is InChI=1S/C14H14O3/c15-12-7-14(8-12,13(16)17)11-5-3-10(4-6-11)9-1-2-9/h3-6,9H,1-2,7-8H2,(H,16,17). The molecule has 0 aliphatic heterocycles. The molecular formula is C14H14O3. The van der Waals surface area contributed by atoms with Crippen molar-refractivity contribution in [1.82, 2.24) is 0 Å². The fraction of sp³-hybridized carbons (Fsp3) is 0.429. The van der Waals surface area contributed by atoms with E-state index in [9.17, 15) is 14.7 Å². The molecule has 2 aliphatic carbocycles. The molecule has 2 fully saturated rings. The molecule has 2 aliphatic rings. The van der Waals surface area contributed by atoms with Crippen LogP contribution in [0, 0.1) is 0 Å². The van der Waals surface area contributed by atoms with Gasteiger partial charge < -0.3 is 5.11 Å². The summed E-state index contributed by atoms with van der Waals surface area (Å²) in [6.07, 6.45) is 2.76. The minimum absolute atomic E-state index is 0.0404. The largest absolute Gasteiger partial charge is 0.481 e. The van der Waals surface area contributed by atoms with Crippen molar-refractivity contribution in [3.8, 4) is 0 Å². The first-order valence-corrected chi connectivity index (χ1v) is 5.97. The van der Waals surface area contributed by atoms with Crippen molar-refractivity contribution in [2.75, 3.05) is 0 Å². The first-order chi connectivity index (χ1) is 8.12. The third-order valence-corrected chi connectivity index (χ3v) is 3.92. The average Bonchev–Trinajstić information content (AvgIpc) is 3.08. The predicted molar refractivity (Wildman–Crippen MR) is 62.0 cm³/mol. The number of benzene rings is 1. The van der Waals surface area contributed by atoms with E-state index >= 15 is 0 Å². The molecule has 2 saturated carbocycles. The normalized spacial score (nSPS) is 22.0. The molecular weight excluding hydrogens is 216 g/mol. The number of carbonyl (C=O) groups is 2. The van der Waals surface area contributed by atoms with E-state index in [-0.39, 0.29) is 18.6 Å². The van der Waals surface area contributed by atoms with Gasteiger partial charge >= 0.3 is 5.97 Å². The van der Waals surface area contributed by atoms with Gasteiger partial charge in [-0.2, -0.15) is 0 Å². The summed E-state index contributed by atoms with van der Waals surface area (Å²) in [4.78, 5) is 22.4. The molecule has 0 amide bonds. The number of aliphatic carboxylic acids is 1. The summed E-state index contributed by atoms with van der Waals surface area (Å²) >= 11 is 0. The Morgan fingerprint density at radius 2 is 1.76 bits per heavy atom. The van der Waals surface area contributed by atoms with E-state index in [1.54, 1.807) is 0 Å². The minimum atomic E-state index is -0.945. The number of Topliss-reactive ketones (excluding diaryl/α,β-unsaturated/α-hetero) is 1. The highest BCUT2D eigenvalue weighted by molar-refractivity contribution is 6.01. The smallest absolute Gasteiger partial charge is 0.315 e. The van der Waals surface area contributed by atoms with Gasteiger partial charge in [-0.1, -0.05) is 24.3 Å². The molecule has 3 nitrogen and oxygen atoms in total. The van der Waals surface area contributed by atoms with E-state index in [4.69, 9.17) is 0 Å². The maximum absolute atomic E-state index is 11.3. The Hall–Kier alpha value is -1.64. The van der Waals surface area contributed by atoms with Crippen molar-refractivity contribution >= 4 is 11.8 Å². The number of carbonyl (C=O) groups excluding carboxylic acids is 1. The van der Waals surface area contributed by atoms with Gasteiger partial charge in [0.15, 0.2) is 0 Å². The van der Waals surface area contributed by atoms with Gasteiger partial charge in [-0.25, -0.2) is 0 Å². The van der Waals surface area contributed by atoms with Crippen LogP contribution < -0.4 is 0 Å². The van der Waals surface area contributed by atoms with Gasteiger partial charge in [-0.15, -0.1) is 0 Å². The topological polar surface area (TPSA) is 54.4 Å². The quantitative estimate of drug-likeness (QED) is 0.866. The van der Waals surface area contributed by atoms with Crippen molar-refractivity contribution in [1.29, 1.82) is 0 Å². The van der Waals surface area contributed by atoms with Crippen LogP contribution in [0.25, 0.3) is 0 Å². The zero-order chi connectivity index (χ0) is 12.0. The summed E-state index contributed by atoms with van der Waals surface area (Å²) in [5, 5.41) is 9.29. The molecule has 0 spiro atoms. The molecule has 0 heterocycles. The monoisotopic (exact) mass is 230 g/mol. The van der Waals surface area contributed by atoms with Crippen LogP contribution in [0.15, 0.2) is 24.3 Å². The SMILES string of the molecule is O=C1CC(C(=O)O)(c2ccc(C3CC3)cc2)C1. The summed E-state index contributed by atoms with van der Waals surface area (Å²) in [5.74, 6) is -0.164. The lowest BCUT2D eigenvalue weighted by molar-refractivity contribution is -0.153. The summed E-state index contributed by atoms with van der Waals surface area (Å²) in [6.45, 7) is 0. The van der Waals surface area contributed by atoms with E-state index in [1.165, 1.54) is 18.4 Å². The lowest BCUT2D eigenvalue weighted by Crippen LogP contribution is -2.48. The zero-order valence-electron chi connectivity index (χ0n) is 9.48. The Morgan fingerprint density at radius 1 is 1.18 bits per heavy atom. The molecule has 3 heteroatoms. The Bertz CT molecular complexity index is 475. The number of hydrogen-bond donors (Lipinski definition) is 1. The van der Waals surface area contributed by atoms with Crippen molar-refractivity contribution in [3.05, 3.63) is 35.4 Å². The number of rotatable bonds is 3. The molecule has 1 aromatic rings. The molecule has 3 rings (SSSR count). The molecule has 0 aromatic heterocycles. The van der Waals surface area contributed by atoms with Gasteiger partial charge in [-0.3, -0.25) is 9.59 Å². The Balaban J connectivity index is 1.91. The van der Waals surface area contributed by atoms with E-state index in [0.29, 0.717) is 5.92 Å². The van der Waals surface area contributed by atoms with Crippen LogP contribution in [0.3, 0.4) is 0 Å². The lowest BCUT2D eigenvalue weighted by atomic mass is 9.63. The van der Waals surface area contributed by atoms with Crippen molar-refractivity contribution in [2.24, 2.45) is 0 Å². The predicted octanol–water partition coefficient (Wildman–Crippen LogP) is 2.25. The van der Waals surface area contributed by atoms with Crippen molar-refractivity contribution < 1.29 is 14.7 Å². The number of carboxylic acids is 1. The van der Waals surface area contributed by atoms with Gasteiger partial charge in [0.1, 0.15) is 11.2 Å². The molecule has 0 saturated heterocycles. The van der Waals surface area contributed by atoms with Crippen LogP contribution in [-0.2, 0) is 15.0 Å². The van der Waals surface area contributed by atoms with Gasteiger partial charge in [0.2, 0.25) is 0 Å². The maximum atomic E-state index is 11.3. The third kappa shape index (κ3) is 1.57. The van der Waals surface area contributed by atoms with Crippen LogP contribution in [0.1, 0.15) is 42.7 Å². The number of hydrogen-bond acceptors (Lipinski definition) is 2. The molecule has 1 N–H and O–H groups in total. The van der Waals surface area contributed by atoms with Crippen LogP contribution in [0.5, 0.6) is 0 Å². The van der Waals surface area contributed by atoms with Crippen LogP contribution in [-0.4, -0.2) is 16.9 Å². The molecule has 17 heavy (non-hydrogen) atoms. The highest BCUT2D eigenvalue weighted by Crippen LogP contribution is 2.44. The second-order valence-electron chi connectivity index (χ2n) is 5.18. The molecule has 0 radical (unpaired) electrons. The maximum Gasteiger partial charge on any atom is 0.315 e.